The Morgan fingerprint density at radius 2 is 1.90 bits per heavy atom. The van der Waals surface area contributed by atoms with Crippen molar-refractivity contribution in [3.63, 3.8) is 0 Å². The number of hydrogen-bond acceptors (Lipinski definition) is 3. The number of nitrogens with one attached hydrogen (secondary N) is 1. The summed E-state index contributed by atoms with van der Waals surface area (Å²) in [5, 5.41) is 22.3. The van der Waals surface area contributed by atoms with Gasteiger partial charge in [0.2, 0.25) is 0 Å². The molecule has 114 valence electrons. The predicted octanol–water partition coefficient (Wildman–Crippen LogP) is 3.68. The molecule has 0 saturated heterocycles. The number of anilines is 1. The van der Waals surface area contributed by atoms with E-state index in [1.807, 2.05) is 0 Å². The number of nitrogens with zero attached hydrogens (tertiary/aromatic N) is 1. The molecule has 1 aliphatic rings. The topological polar surface area (TPSA) is 56.0 Å². The number of hydrogen-bond donors (Lipinski definition) is 2. The lowest BCUT2D eigenvalue weighted by molar-refractivity contribution is -0.137. The molecule has 2 rings (SSSR count). The van der Waals surface area contributed by atoms with Crippen LogP contribution in [0, 0.1) is 11.3 Å². The Morgan fingerprint density at radius 3 is 2.48 bits per heavy atom. The van der Waals surface area contributed by atoms with Crippen molar-refractivity contribution in [3.05, 3.63) is 29.3 Å². The fraction of sp³-hybridized carbons (Fsp3) is 0.533. The zero-order valence-corrected chi connectivity index (χ0v) is 11.5. The minimum Gasteiger partial charge on any atom is -0.388 e. The summed E-state index contributed by atoms with van der Waals surface area (Å²) < 4.78 is 37.8. The van der Waals surface area contributed by atoms with Gasteiger partial charge in [0.05, 0.1) is 22.4 Å². The monoisotopic (exact) mass is 298 g/mol. The molecule has 0 aliphatic heterocycles. The standard InChI is InChI=1S/C15H17F3N2O/c16-15(17,18)12-4-5-13(11(8-12)9-19)20-10-14(21)6-2-1-3-7-14/h4-5,8,20-21H,1-3,6-7,10H2. The van der Waals surface area contributed by atoms with Crippen LogP contribution in [0.15, 0.2) is 18.2 Å². The van der Waals surface area contributed by atoms with E-state index in [2.05, 4.69) is 5.32 Å². The third-order valence-electron chi connectivity index (χ3n) is 3.86. The Kier molecular flexibility index (Phi) is 4.43. The average Bonchev–Trinajstić information content (AvgIpc) is 2.45. The second-order valence-corrected chi connectivity index (χ2v) is 5.51. The molecule has 0 radical (unpaired) electrons. The van der Waals surface area contributed by atoms with Gasteiger partial charge in [-0.25, -0.2) is 0 Å². The lowest BCUT2D eigenvalue weighted by Gasteiger charge is -2.32. The molecule has 0 bridgehead atoms. The first-order valence-corrected chi connectivity index (χ1v) is 6.92. The molecule has 0 heterocycles. The minimum atomic E-state index is -4.47. The van der Waals surface area contributed by atoms with Crippen LogP contribution in [0.3, 0.4) is 0 Å². The van der Waals surface area contributed by atoms with Crippen LogP contribution >= 0.6 is 0 Å². The van der Waals surface area contributed by atoms with Crippen LogP contribution in [0.5, 0.6) is 0 Å². The number of halogens is 3. The molecule has 0 atom stereocenters. The highest BCUT2D eigenvalue weighted by Gasteiger charge is 2.32. The summed E-state index contributed by atoms with van der Waals surface area (Å²) in [5.41, 5.74) is -1.43. The molecule has 1 aromatic rings. The largest absolute Gasteiger partial charge is 0.416 e. The second kappa shape index (κ2) is 5.94. The van der Waals surface area contributed by atoms with E-state index in [4.69, 9.17) is 5.26 Å². The Labute approximate surface area is 121 Å². The Balaban J connectivity index is 2.12. The van der Waals surface area contributed by atoms with E-state index in [1.165, 1.54) is 6.07 Å². The quantitative estimate of drug-likeness (QED) is 0.895. The summed E-state index contributed by atoms with van der Waals surface area (Å²) in [4.78, 5) is 0. The van der Waals surface area contributed by atoms with Gasteiger partial charge in [-0.15, -0.1) is 0 Å². The molecule has 1 aromatic carbocycles. The maximum Gasteiger partial charge on any atom is 0.416 e. The van der Waals surface area contributed by atoms with Crippen molar-refractivity contribution in [2.45, 2.75) is 43.9 Å². The van der Waals surface area contributed by atoms with Gasteiger partial charge in [0.25, 0.3) is 0 Å². The van der Waals surface area contributed by atoms with Crippen molar-refractivity contribution in [1.29, 1.82) is 5.26 Å². The smallest absolute Gasteiger partial charge is 0.388 e. The first kappa shape index (κ1) is 15.6. The molecule has 1 saturated carbocycles. The third-order valence-corrected chi connectivity index (χ3v) is 3.86. The number of aliphatic hydroxyl groups is 1. The summed E-state index contributed by atoms with van der Waals surface area (Å²) in [6.07, 6.45) is -0.157. The number of nitriles is 1. The van der Waals surface area contributed by atoms with Gasteiger partial charge < -0.3 is 10.4 Å². The molecule has 1 aliphatic carbocycles. The van der Waals surface area contributed by atoms with Gasteiger partial charge in [-0.3, -0.25) is 0 Å². The van der Waals surface area contributed by atoms with Crippen LogP contribution < -0.4 is 5.32 Å². The predicted molar refractivity (Wildman–Crippen MR) is 72.7 cm³/mol. The highest BCUT2D eigenvalue weighted by atomic mass is 19.4. The van der Waals surface area contributed by atoms with E-state index in [1.54, 1.807) is 6.07 Å². The van der Waals surface area contributed by atoms with E-state index >= 15 is 0 Å². The normalized spacial score (nSPS) is 18.0. The van der Waals surface area contributed by atoms with Crippen LogP contribution in [0.25, 0.3) is 0 Å². The summed E-state index contributed by atoms with van der Waals surface area (Å²) in [7, 11) is 0. The number of rotatable bonds is 3. The van der Waals surface area contributed by atoms with Crippen LogP contribution in [-0.4, -0.2) is 17.3 Å². The first-order valence-electron chi connectivity index (χ1n) is 6.92. The maximum atomic E-state index is 12.6. The summed E-state index contributed by atoms with van der Waals surface area (Å²) in [6.45, 7) is 0.243. The van der Waals surface area contributed by atoms with Gasteiger partial charge >= 0.3 is 6.18 Å². The molecule has 0 aromatic heterocycles. The maximum absolute atomic E-state index is 12.6. The molecule has 1 fully saturated rings. The minimum absolute atomic E-state index is 0.0655. The molecular formula is C15H17F3N2O. The van der Waals surface area contributed by atoms with E-state index in [-0.39, 0.29) is 12.1 Å². The van der Waals surface area contributed by atoms with Crippen LogP contribution in [-0.2, 0) is 6.18 Å². The highest BCUT2D eigenvalue weighted by molar-refractivity contribution is 5.59. The highest BCUT2D eigenvalue weighted by Crippen LogP contribution is 2.32. The van der Waals surface area contributed by atoms with Crippen LogP contribution in [0.2, 0.25) is 0 Å². The molecule has 0 unspecified atom stereocenters. The molecule has 3 nitrogen and oxygen atoms in total. The second-order valence-electron chi connectivity index (χ2n) is 5.51. The fourth-order valence-electron chi connectivity index (χ4n) is 2.61. The van der Waals surface area contributed by atoms with Crippen molar-refractivity contribution >= 4 is 5.69 Å². The van der Waals surface area contributed by atoms with Gasteiger partial charge in [0.1, 0.15) is 6.07 Å². The molecule has 2 N–H and O–H groups in total. The molecular weight excluding hydrogens is 281 g/mol. The van der Waals surface area contributed by atoms with Gasteiger partial charge in [-0.2, -0.15) is 18.4 Å². The van der Waals surface area contributed by atoms with Crippen LogP contribution in [0.1, 0.15) is 43.2 Å². The van der Waals surface area contributed by atoms with E-state index < -0.39 is 17.3 Å². The first-order chi connectivity index (χ1) is 9.84. The lowest BCUT2D eigenvalue weighted by Crippen LogP contribution is -2.38. The zero-order chi connectivity index (χ0) is 15.5. The Morgan fingerprint density at radius 1 is 1.24 bits per heavy atom. The Bertz CT molecular complexity index is 543. The Hall–Kier alpha value is -1.74. The summed E-state index contributed by atoms with van der Waals surface area (Å²) in [6, 6.07) is 4.77. The molecule has 0 spiro atoms. The van der Waals surface area contributed by atoms with Gasteiger partial charge in [-0.1, -0.05) is 19.3 Å². The molecule has 21 heavy (non-hydrogen) atoms. The van der Waals surface area contributed by atoms with Gasteiger partial charge in [0, 0.05) is 6.54 Å². The zero-order valence-electron chi connectivity index (χ0n) is 11.5. The fourth-order valence-corrected chi connectivity index (χ4v) is 2.61. The lowest BCUT2D eigenvalue weighted by atomic mass is 9.85. The number of benzene rings is 1. The number of alkyl halides is 3. The van der Waals surface area contributed by atoms with Crippen molar-refractivity contribution < 1.29 is 18.3 Å². The SMILES string of the molecule is N#Cc1cc(C(F)(F)F)ccc1NCC1(O)CCCCC1. The van der Waals surface area contributed by atoms with Gasteiger partial charge in [0.15, 0.2) is 0 Å². The van der Waals surface area contributed by atoms with E-state index in [0.717, 1.165) is 31.4 Å². The van der Waals surface area contributed by atoms with Crippen molar-refractivity contribution in [2.24, 2.45) is 0 Å². The molecule has 0 amide bonds. The summed E-state index contributed by atoms with van der Waals surface area (Å²) >= 11 is 0. The summed E-state index contributed by atoms with van der Waals surface area (Å²) in [5.74, 6) is 0. The van der Waals surface area contributed by atoms with E-state index in [0.29, 0.717) is 18.5 Å². The molecule has 6 heteroatoms. The van der Waals surface area contributed by atoms with Crippen molar-refractivity contribution in [2.75, 3.05) is 11.9 Å². The van der Waals surface area contributed by atoms with Crippen molar-refractivity contribution in [1.82, 2.24) is 0 Å². The average molecular weight is 298 g/mol. The third kappa shape index (κ3) is 3.88. The van der Waals surface area contributed by atoms with Gasteiger partial charge in [-0.05, 0) is 31.0 Å². The van der Waals surface area contributed by atoms with Crippen molar-refractivity contribution in [3.8, 4) is 6.07 Å². The van der Waals surface area contributed by atoms with E-state index in [9.17, 15) is 18.3 Å². The van der Waals surface area contributed by atoms with Crippen LogP contribution in [0.4, 0.5) is 18.9 Å².